The predicted molar refractivity (Wildman–Crippen MR) is 67.0 cm³/mol. The molecule has 1 saturated heterocycles. The van der Waals surface area contributed by atoms with E-state index in [1.807, 2.05) is 6.92 Å². The van der Waals surface area contributed by atoms with Gasteiger partial charge in [0.05, 0.1) is 23.9 Å². The Bertz CT molecular complexity index is 254. The standard InChI is InChI=1S/C13H26O5/c1-8(14)5-6-9(2)17-12-10(15)7-11(16)13(3,4)18-12/h8-12,14-16H,5-7H2,1-4H3/t8?,9-,10?,11?,12?/m0/s1. The first-order valence-electron chi connectivity index (χ1n) is 6.60. The van der Waals surface area contributed by atoms with E-state index in [4.69, 9.17) is 9.47 Å². The van der Waals surface area contributed by atoms with E-state index in [9.17, 15) is 15.3 Å². The fourth-order valence-electron chi connectivity index (χ4n) is 1.97. The topological polar surface area (TPSA) is 79.2 Å². The molecule has 1 fully saturated rings. The molecule has 5 nitrogen and oxygen atoms in total. The molecule has 5 atom stereocenters. The molecule has 5 heteroatoms. The first kappa shape index (κ1) is 15.9. The molecule has 1 rings (SSSR count). The van der Waals surface area contributed by atoms with Gasteiger partial charge in [-0.1, -0.05) is 0 Å². The molecule has 3 N–H and O–H groups in total. The highest BCUT2D eigenvalue weighted by Crippen LogP contribution is 2.30. The van der Waals surface area contributed by atoms with E-state index in [0.29, 0.717) is 12.8 Å². The highest BCUT2D eigenvalue weighted by atomic mass is 16.7. The van der Waals surface area contributed by atoms with Gasteiger partial charge >= 0.3 is 0 Å². The zero-order chi connectivity index (χ0) is 13.9. The third kappa shape index (κ3) is 4.48. The van der Waals surface area contributed by atoms with Crippen LogP contribution >= 0.6 is 0 Å². The van der Waals surface area contributed by atoms with Crippen LogP contribution in [0, 0.1) is 0 Å². The van der Waals surface area contributed by atoms with Crippen molar-refractivity contribution in [2.45, 2.75) is 83.3 Å². The summed E-state index contributed by atoms with van der Waals surface area (Å²) in [4.78, 5) is 0. The van der Waals surface area contributed by atoms with Crippen molar-refractivity contribution in [2.75, 3.05) is 0 Å². The van der Waals surface area contributed by atoms with Crippen LogP contribution in [-0.2, 0) is 9.47 Å². The van der Waals surface area contributed by atoms with Crippen molar-refractivity contribution < 1.29 is 24.8 Å². The molecule has 0 aromatic carbocycles. The van der Waals surface area contributed by atoms with E-state index in [1.165, 1.54) is 0 Å². The zero-order valence-corrected chi connectivity index (χ0v) is 11.7. The van der Waals surface area contributed by atoms with E-state index >= 15 is 0 Å². The molecule has 0 radical (unpaired) electrons. The lowest BCUT2D eigenvalue weighted by Gasteiger charge is -2.43. The van der Waals surface area contributed by atoms with Crippen LogP contribution in [0.2, 0.25) is 0 Å². The molecule has 1 heterocycles. The van der Waals surface area contributed by atoms with Crippen molar-refractivity contribution >= 4 is 0 Å². The molecule has 1 aliphatic rings. The van der Waals surface area contributed by atoms with Gasteiger partial charge in [-0.2, -0.15) is 0 Å². The Balaban J connectivity index is 2.45. The fourth-order valence-corrected chi connectivity index (χ4v) is 1.97. The van der Waals surface area contributed by atoms with Crippen molar-refractivity contribution in [1.82, 2.24) is 0 Å². The van der Waals surface area contributed by atoms with Crippen LogP contribution < -0.4 is 0 Å². The molecule has 1 aliphatic heterocycles. The molecular formula is C13H26O5. The Morgan fingerprint density at radius 1 is 1.28 bits per heavy atom. The summed E-state index contributed by atoms with van der Waals surface area (Å²) in [6.07, 6.45) is -1.09. The second kappa shape index (κ2) is 6.30. The number of hydrogen-bond donors (Lipinski definition) is 3. The molecule has 0 amide bonds. The molecule has 0 aliphatic carbocycles. The quantitative estimate of drug-likeness (QED) is 0.683. The smallest absolute Gasteiger partial charge is 0.184 e. The monoisotopic (exact) mass is 262 g/mol. The Labute approximate surface area is 109 Å². The van der Waals surface area contributed by atoms with Crippen LogP contribution in [0.25, 0.3) is 0 Å². The van der Waals surface area contributed by atoms with E-state index in [0.717, 1.165) is 0 Å². The average Bonchev–Trinajstić information content (AvgIpc) is 2.23. The van der Waals surface area contributed by atoms with Crippen molar-refractivity contribution in [2.24, 2.45) is 0 Å². The first-order chi connectivity index (χ1) is 8.22. The van der Waals surface area contributed by atoms with Gasteiger partial charge < -0.3 is 24.8 Å². The van der Waals surface area contributed by atoms with Crippen molar-refractivity contribution in [3.05, 3.63) is 0 Å². The molecule has 4 unspecified atom stereocenters. The maximum Gasteiger partial charge on any atom is 0.184 e. The van der Waals surface area contributed by atoms with Crippen LogP contribution in [0.5, 0.6) is 0 Å². The fraction of sp³-hybridized carbons (Fsp3) is 1.00. The minimum atomic E-state index is -0.818. The Morgan fingerprint density at radius 3 is 2.44 bits per heavy atom. The normalized spacial score (nSPS) is 35.2. The summed E-state index contributed by atoms with van der Waals surface area (Å²) in [7, 11) is 0. The number of ether oxygens (including phenoxy) is 2. The van der Waals surface area contributed by atoms with Gasteiger partial charge in [-0.3, -0.25) is 0 Å². The minimum absolute atomic E-state index is 0.106. The lowest BCUT2D eigenvalue weighted by Crippen LogP contribution is -2.54. The minimum Gasteiger partial charge on any atom is -0.393 e. The van der Waals surface area contributed by atoms with Crippen molar-refractivity contribution in [3.63, 3.8) is 0 Å². The third-order valence-electron chi connectivity index (χ3n) is 3.36. The van der Waals surface area contributed by atoms with Gasteiger partial charge in [0.1, 0.15) is 6.10 Å². The summed E-state index contributed by atoms with van der Waals surface area (Å²) >= 11 is 0. The zero-order valence-electron chi connectivity index (χ0n) is 11.7. The van der Waals surface area contributed by atoms with E-state index in [1.54, 1.807) is 20.8 Å². The Morgan fingerprint density at radius 2 is 1.89 bits per heavy atom. The van der Waals surface area contributed by atoms with Gasteiger partial charge in [0.2, 0.25) is 0 Å². The van der Waals surface area contributed by atoms with Crippen LogP contribution in [0.15, 0.2) is 0 Å². The number of hydrogen-bond acceptors (Lipinski definition) is 5. The van der Waals surface area contributed by atoms with Gasteiger partial charge in [-0.15, -0.1) is 0 Å². The lowest BCUT2D eigenvalue weighted by molar-refractivity contribution is -0.304. The maximum absolute atomic E-state index is 9.84. The largest absolute Gasteiger partial charge is 0.393 e. The molecule has 0 aromatic heterocycles. The third-order valence-corrected chi connectivity index (χ3v) is 3.36. The predicted octanol–water partition coefficient (Wildman–Crippen LogP) is 0.799. The van der Waals surface area contributed by atoms with Gasteiger partial charge in [0.15, 0.2) is 6.29 Å². The summed E-state index contributed by atoms with van der Waals surface area (Å²) in [5.41, 5.74) is -0.714. The van der Waals surface area contributed by atoms with Gasteiger partial charge in [0.25, 0.3) is 0 Å². The molecule has 108 valence electrons. The highest BCUT2D eigenvalue weighted by Gasteiger charge is 2.42. The van der Waals surface area contributed by atoms with Crippen molar-refractivity contribution in [1.29, 1.82) is 0 Å². The molecular weight excluding hydrogens is 236 g/mol. The number of rotatable bonds is 5. The molecule has 0 spiro atoms. The Hall–Kier alpha value is -0.200. The number of aliphatic hydroxyl groups is 3. The number of aliphatic hydroxyl groups excluding tert-OH is 3. The molecule has 0 saturated carbocycles. The highest BCUT2D eigenvalue weighted by molar-refractivity contribution is 4.88. The molecule has 18 heavy (non-hydrogen) atoms. The van der Waals surface area contributed by atoms with E-state index < -0.39 is 24.1 Å². The summed E-state index contributed by atoms with van der Waals surface area (Å²) in [6, 6.07) is 0. The second-order valence-electron chi connectivity index (χ2n) is 5.78. The summed E-state index contributed by atoms with van der Waals surface area (Å²) in [5.74, 6) is 0. The summed E-state index contributed by atoms with van der Waals surface area (Å²) in [6.45, 7) is 7.18. The van der Waals surface area contributed by atoms with E-state index in [-0.39, 0.29) is 18.6 Å². The van der Waals surface area contributed by atoms with Crippen LogP contribution in [0.4, 0.5) is 0 Å². The first-order valence-corrected chi connectivity index (χ1v) is 6.60. The van der Waals surface area contributed by atoms with Crippen molar-refractivity contribution in [3.8, 4) is 0 Å². The summed E-state index contributed by atoms with van der Waals surface area (Å²) < 4.78 is 11.2. The SMILES string of the molecule is CC(O)CC[C@H](C)OC1OC(C)(C)C(O)CC1O. The second-order valence-corrected chi connectivity index (χ2v) is 5.78. The molecule has 0 bridgehead atoms. The molecule has 0 aromatic rings. The van der Waals surface area contributed by atoms with Crippen LogP contribution in [0.3, 0.4) is 0 Å². The average molecular weight is 262 g/mol. The van der Waals surface area contributed by atoms with Gasteiger partial charge in [-0.25, -0.2) is 0 Å². The van der Waals surface area contributed by atoms with Gasteiger partial charge in [0, 0.05) is 6.42 Å². The van der Waals surface area contributed by atoms with E-state index in [2.05, 4.69) is 0 Å². The Kier molecular flexibility index (Phi) is 5.55. The maximum atomic E-state index is 9.84. The lowest BCUT2D eigenvalue weighted by atomic mass is 9.92. The van der Waals surface area contributed by atoms with Crippen LogP contribution in [-0.4, -0.2) is 51.6 Å². The summed E-state index contributed by atoms with van der Waals surface area (Å²) in [5, 5.41) is 28.8. The van der Waals surface area contributed by atoms with Crippen LogP contribution in [0.1, 0.15) is 47.0 Å². The van der Waals surface area contributed by atoms with Gasteiger partial charge in [-0.05, 0) is 40.5 Å².